The van der Waals surface area contributed by atoms with E-state index in [-0.39, 0.29) is 0 Å². The van der Waals surface area contributed by atoms with Crippen molar-refractivity contribution < 1.29 is 4.74 Å². The first-order valence-electron chi connectivity index (χ1n) is 7.30. The molecule has 0 aromatic rings. The van der Waals surface area contributed by atoms with E-state index in [0.29, 0.717) is 0 Å². The van der Waals surface area contributed by atoms with E-state index in [1.165, 1.54) is 32.1 Å². The summed E-state index contributed by atoms with van der Waals surface area (Å²) in [5.41, 5.74) is 5.66. The lowest BCUT2D eigenvalue weighted by Gasteiger charge is -2.22. The summed E-state index contributed by atoms with van der Waals surface area (Å²) in [7, 11) is 1.75. The summed E-state index contributed by atoms with van der Waals surface area (Å²) in [6, 6.07) is 0. The van der Waals surface area contributed by atoms with Crippen LogP contribution < -0.4 is 5.73 Å². The fourth-order valence-corrected chi connectivity index (χ4v) is 2.38. The molecule has 0 saturated carbocycles. The van der Waals surface area contributed by atoms with Crippen molar-refractivity contribution in [2.75, 3.05) is 39.9 Å². The molecular formula is C15H32N2O. The molecule has 0 bridgehead atoms. The summed E-state index contributed by atoms with van der Waals surface area (Å²) in [6.45, 7) is 10.8. The quantitative estimate of drug-likeness (QED) is 0.515. The van der Waals surface area contributed by atoms with Crippen LogP contribution >= 0.6 is 0 Å². The third-order valence-corrected chi connectivity index (χ3v) is 3.36. The molecule has 0 aromatic heterocycles. The first kappa shape index (κ1) is 17.6. The number of hydrogen-bond acceptors (Lipinski definition) is 3. The van der Waals surface area contributed by atoms with Crippen molar-refractivity contribution in [3.63, 3.8) is 0 Å². The van der Waals surface area contributed by atoms with Crippen LogP contribution in [0.3, 0.4) is 0 Å². The van der Waals surface area contributed by atoms with Crippen LogP contribution in [0, 0.1) is 5.92 Å². The second-order valence-corrected chi connectivity index (χ2v) is 4.96. The van der Waals surface area contributed by atoms with Gasteiger partial charge in [-0.2, -0.15) is 0 Å². The van der Waals surface area contributed by atoms with Gasteiger partial charge >= 0.3 is 0 Å². The Bertz CT molecular complexity index is 179. The van der Waals surface area contributed by atoms with E-state index in [9.17, 15) is 0 Å². The van der Waals surface area contributed by atoms with Gasteiger partial charge in [0.05, 0.1) is 6.61 Å². The van der Waals surface area contributed by atoms with Crippen LogP contribution in [0.2, 0.25) is 0 Å². The Morgan fingerprint density at radius 2 is 2.06 bits per heavy atom. The maximum atomic E-state index is 5.66. The first-order valence-corrected chi connectivity index (χ1v) is 7.30. The highest BCUT2D eigenvalue weighted by Crippen LogP contribution is 2.17. The molecule has 0 aliphatic rings. The van der Waals surface area contributed by atoms with Gasteiger partial charge in [0.15, 0.2) is 0 Å². The van der Waals surface area contributed by atoms with Crippen molar-refractivity contribution in [3.8, 4) is 0 Å². The van der Waals surface area contributed by atoms with E-state index in [4.69, 9.17) is 10.5 Å². The topological polar surface area (TPSA) is 38.5 Å². The minimum Gasteiger partial charge on any atom is -0.383 e. The predicted octanol–water partition coefficient (Wildman–Crippen LogP) is 2.67. The molecule has 0 spiro atoms. The van der Waals surface area contributed by atoms with Crippen molar-refractivity contribution >= 4 is 0 Å². The molecule has 0 fully saturated rings. The number of nitrogens with two attached hydrogens (primary N) is 1. The molecule has 1 unspecified atom stereocenters. The number of nitrogens with zero attached hydrogens (tertiary/aromatic N) is 1. The molecule has 0 radical (unpaired) electrons. The smallest absolute Gasteiger partial charge is 0.0589 e. The van der Waals surface area contributed by atoms with Gasteiger partial charge in [0.1, 0.15) is 0 Å². The second-order valence-electron chi connectivity index (χ2n) is 4.96. The normalized spacial score (nSPS) is 12.9. The molecule has 1 atom stereocenters. The molecule has 2 N–H and O–H groups in total. The van der Waals surface area contributed by atoms with E-state index >= 15 is 0 Å². The Labute approximate surface area is 113 Å². The zero-order valence-electron chi connectivity index (χ0n) is 12.4. The summed E-state index contributed by atoms with van der Waals surface area (Å²) in [6.07, 6.45) is 8.28. The highest BCUT2D eigenvalue weighted by molar-refractivity contribution is 4.73. The van der Waals surface area contributed by atoms with Crippen LogP contribution in [0.1, 0.15) is 39.0 Å². The Morgan fingerprint density at radius 3 is 2.61 bits per heavy atom. The zero-order valence-corrected chi connectivity index (χ0v) is 12.4. The van der Waals surface area contributed by atoms with E-state index < -0.39 is 0 Å². The average molecular weight is 256 g/mol. The maximum Gasteiger partial charge on any atom is 0.0589 e. The summed E-state index contributed by atoms with van der Waals surface area (Å²) in [5, 5.41) is 0. The van der Waals surface area contributed by atoms with Crippen molar-refractivity contribution in [2.45, 2.75) is 39.0 Å². The maximum absolute atomic E-state index is 5.66. The molecule has 18 heavy (non-hydrogen) atoms. The fourth-order valence-electron chi connectivity index (χ4n) is 2.38. The van der Waals surface area contributed by atoms with E-state index in [1.54, 1.807) is 7.11 Å². The standard InChI is InChI=1S/C15H32N2O/c1-4-7-15(9-10-16)8-6-12-17(11-5-2)13-14-18-3/h5,15H,2,4,6-14,16H2,1,3H3. The molecule has 0 aliphatic carbocycles. The third kappa shape index (κ3) is 9.63. The van der Waals surface area contributed by atoms with Crippen molar-refractivity contribution in [3.05, 3.63) is 12.7 Å². The summed E-state index contributed by atoms with van der Waals surface area (Å²) >= 11 is 0. The lowest BCUT2D eigenvalue weighted by molar-refractivity contribution is 0.152. The SMILES string of the molecule is C=CCN(CCCC(CCC)CCN)CCOC. The third-order valence-electron chi connectivity index (χ3n) is 3.36. The van der Waals surface area contributed by atoms with Crippen LogP contribution in [-0.2, 0) is 4.74 Å². The highest BCUT2D eigenvalue weighted by atomic mass is 16.5. The molecule has 0 saturated heterocycles. The van der Waals surface area contributed by atoms with Crippen molar-refractivity contribution in [1.82, 2.24) is 4.90 Å². The number of ether oxygens (including phenoxy) is 1. The minimum atomic E-state index is 0.801. The van der Waals surface area contributed by atoms with Crippen LogP contribution in [0.5, 0.6) is 0 Å². The Kier molecular flexibility index (Phi) is 12.8. The van der Waals surface area contributed by atoms with Crippen molar-refractivity contribution in [1.29, 1.82) is 0 Å². The Balaban J connectivity index is 3.82. The van der Waals surface area contributed by atoms with Gasteiger partial charge in [-0.1, -0.05) is 25.8 Å². The molecular weight excluding hydrogens is 224 g/mol. The molecule has 3 nitrogen and oxygen atoms in total. The lowest BCUT2D eigenvalue weighted by atomic mass is 9.94. The van der Waals surface area contributed by atoms with Crippen LogP contribution in [0.25, 0.3) is 0 Å². The van der Waals surface area contributed by atoms with Gasteiger partial charge in [0.2, 0.25) is 0 Å². The molecule has 0 amide bonds. The first-order chi connectivity index (χ1) is 8.78. The summed E-state index contributed by atoms with van der Waals surface area (Å²) < 4.78 is 5.13. The highest BCUT2D eigenvalue weighted by Gasteiger charge is 2.08. The molecule has 0 aliphatic heterocycles. The van der Waals surface area contributed by atoms with E-state index in [2.05, 4.69) is 18.4 Å². The van der Waals surface area contributed by atoms with Crippen LogP contribution in [0.4, 0.5) is 0 Å². The van der Waals surface area contributed by atoms with Crippen molar-refractivity contribution in [2.24, 2.45) is 11.7 Å². The summed E-state index contributed by atoms with van der Waals surface area (Å²) in [4.78, 5) is 2.40. The van der Waals surface area contributed by atoms with E-state index in [1.807, 2.05) is 6.08 Å². The number of hydrogen-bond donors (Lipinski definition) is 1. The van der Waals surface area contributed by atoms with Gasteiger partial charge < -0.3 is 10.5 Å². The van der Waals surface area contributed by atoms with Gasteiger partial charge in [0, 0.05) is 20.2 Å². The average Bonchev–Trinajstić information content (AvgIpc) is 2.36. The van der Waals surface area contributed by atoms with Gasteiger partial charge in [-0.3, -0.25) is 4.90 Å². The second kappa shape index (κ2) is 13.1. The lowest BCUT2D eigenvalue weighted by Crippen LogP contribution is -2.29. The van der Waals surface area contributed by atoms with Gasteiger partial charge in [-0.05, 0) is 38.3 Å². The molecule has 0 heterocycles. The molecule has 108 valence electrons. The largest absolute Gasteiger partial charge is 0.383 e. The van der Waals surface area contributed by atoms with Gasteiger partial charge in [-0.15, -0.1) is 6.58 Å². The number of rotatable bonds is 13. The minimum absolute atomic E-state index is 0.801. The molecule has 3 heteroatoms. The van der Waals surface area contributed by atoms with Gasteiger partial charge in [0.25, 0.3) is 0 Å². The Hall–Kier alpha value is -0.380. The zero-order chi connectivity index (χ0) is 13.6. The Morgan fingerprint density at radius 1 is 1.28 bits per heavy atom. The van der Waals surface area contributed by atoms with Crippen LogP contribution in [0.15, 0.2) is 12.7 Å². The summed E-state index contributed by atoms with van der Waals surface area (Å²) in [5.74, 6) is 0.813. The molecule has 0 aromatic carbocycles. The van der Waals surface area contributed by atoms with Crippen LogP contribution in [-0.4, -0.2) is 44.8 Å². The fraction of sp³-hybridized carbons (Fsp3) is 0.867. The predicted molar refractivity (Wildman–Crippen MR) is 79.8 cm³/mol. The number of methoxy groups -OCH3 is 1. The van der Waals surface area contributed by atoms with E-state index in [0.717, 1.165) is 38.7 Å². The molecule has 0 rings (SSSR count). The van der Waals surface area contributed by atoms with Gasteiger partial charge in [-0.25, -0.2) is 0 Å². The monoisotopic (exact) mass is 256 g/mol.